The normalized spacial score (nSPS) is 13.0. The van der Waals surface area contributed by atoms with Crippen molar-refractivity contribution in [2.75, 3.05) is 20.3 Å². The number of ether oxygens (including phenoxy) is 1. The molecular formula is C13H19NO4S. The first-order chi connectivity index (χ1) is 8.89. The van der Waals surface area contributed by atoms with Crippen LogP contribution < -0.4 is 5.32 Å². The molecule has 0 bridgehead atoms. The minimum atomic E-state index is -3.64. The van der Waals surface area contributed by atoms with Crippen LogP contribution in [0.15, 0.2) is 29.2 Å². The molecule has 0 fully saturated rings. The van der Waals surface area contributed by atoms with E-state index in [-0.39, 0.29) is 4.90 Å². The van der Waals surface area contributed by atoms with E-state index in [1.165, 1.54) is 26.2 Å². The third kappa shape index (κ3) is 4.04. The molecule has 106 valence electrons. The fourth-order valence-corrected chi connectivity index (χ4v) is 2.78. The van der Waals surface area contributed by atoms with Crippen molar-refractivity contribution in [1.82, 2.24) is 5.32 Å². The Morgan fingerprint density at radius 2 is 1.89 bits per heavy atom. The quantitative estimate of drug-likeness (QED) is 0.789. The first-order valence-electron chi connectivity index (χ1n) is 5.97. The van der Waals surface area contributed by atoms with Gasteiger partial charge in [0.1, 0.15) is 5.25 Å². The second-order valence-corrected chi connectivity index (χ2v) is 6.55. The second-order valence-electron chi connectivity index (χ2n) is 4.28. The van der Waals surface area contributed by atoms with Gasteiger partial charge in [0, 0.05) is 13.7 Å². The Labute approximate surface area is 113 Å². The van der Waals surface area contributed by atoms with Gasteiger partial charge in [-0.15, -0.1) is 0 Å². The molecule has 1 aromatic carbocycles. The highest BCUT2D eigenvalue weighted by Crippen LogP contribution is 2.16. The molecule has 1 aromatic rings. The number of hydrogen-bond acceptors (Lipinski definition) is 4. The van der Waals surface area contributed by atoms with Gasteiger partial charge in [-0.05, 0) is 26.0 Å². The highest BCUT2D eigenvalue weighted by molar-refractivity contribution is 7.92. The number of benzene rings is 1. The van der Waals surface area contributed by atoms with E-state index in [0.29, 0.717) is 13.2 Å². The maximum absolute atomic E-state index is 12.2. The standard InChI is InChI=1S/C13H19NO4S/c1-10-4-6-12(7-5-10)19(16,17)11(2)13(15)14-8-9-18-3/h4-7,11H,8-9H2,1-3H3,(H,14,15). The first kappa shape index (κ1) is 15.7. The number of methoxy groups -OCH3 is 1. The summed E-state index contributed by atoms with van der Waals surface area (Å²) in [4.78, 5) is 11.9. The summed E-state index contributed by atoms with van der Waals surface area (Å²) in [6, 6.07) is 6.46. The van der Waals surface area contributed by atoms with E-state index in [1.54, 1.807) is 12.1 Å². The fraction of sp³-hybridized carbons (Fsp3) is 0.462. The van der Waals surface area contributed by atoms with E-state index in [9.17, 15) is 13.2 Å². The van der Waals surface area contributed by atoms with Crippen LogP contribution in [0.3, 0.4) is 0 Å². The maximum atomic E-state index is 12.2. The van der Waals surface area contributed by atoms with Crippen molar-refractivity contribution in [2.24, 2.45) is 0 Å². The molecular weight excluding hydrogens is 266 g/mol. The molecule has 0 spiro atoms. The summed E-state index contributed by atoms with van der Waals surface area (Å²) in [5.74, 6) is -0.516. The van der Waals surface area contributed by atoms with Crippen molar-refractivity contribution in [3.8, 4) is 0 Å². The molecule has 0 aliphatic carbocycles. The van der Waals surface area contributed by atoms with E-state index in [0.717, 1.165) is 5.56 Å². The number of rotatable bonds is 6. The number of carbonyl (C=O) groups is 1. The summed E-state index contributed by atoms with van der Waals surface area (Å²) in [7, 11) is -2.13. The van der Waals surface area contributed by atoms with Crippen LogP contribution in [0, 0.1) is 6.92 Å². The third-order valence-electron chi connectivity index (χ3n) is 2.79. The lowest BCUT2D eigenvalue weighted by Gasteiger charge is -2.13. The average Bonchev–Trinajstić information content (AvgIpc) is 2.38. The Kier molecular flexibility index (Phi) is 5.50. The molecule has 0 aliphatic heterocycles. The molecule has 6 heteroatoms. The average molecular weight is 285 g/mol. The van der Waals surface area contributed by atoms with Crippen LogP contribution in [-0.2, 0) is 19.4 Å². The van der Waals surface area contributed by atoms with Crippen LogP contribution in [0.4, 0.5) is 0 Å². The molecule has 5 nitrogen and oxygen atoms in total. The van der Waals surface area contributed by atoms with Gasteiger partial charge in [-0.2, -0.15) is 0 Å². The van der Waals surface area contributed by atoms with Gasteiger partial charge in [-0.1, -0.05) is 17.7 Å². The SMILES string of the molecule is COCCNC(=O)C(C)S(=O)(=O)c1ccc(C)cc1. The molecule has 0 heterocycles. The fourth-order valence-electron chi connectivity index (χ4n) is 1.49. The predicted molar refractivity (Wildman–Crippen MR) is 72.7 cm³/mol. The van der Waals surface area contributed by atoms with Crippen molar-refractivity contribution in [2.45, 2.75) is 24.0 Å². The number of aryl methyl sites for hydroxylation is 1. The monoisotopic (exact) mass is 285 g/mol. The summed E-state index contributed by atoms with van der Waals surface area (Å²) in [5, 5.41) is 1.41. The Bertz CT molecular complexity index is 522. The van der Waals surface area contributed by atoms with E-state index >= 15 is 0 Å². The Balaban J connectivity index is 2.82. The van der Waals surface area contributed by atoms with Crippen molar-refractivity contribution in [1.29, 1.82) is 0 Å². The zero-order chi connectivity index (χ0) is 14.5. The summed E-state index contributed by atoms with van der Waals surface area (Å²) in [5.41, 5.74) is 0.969. The molecule has 1 atom stereocenters. The smallest absolute Gasteiger partial charge is 0.238 e. The van der Waals surface area contributed by atoms with E-state index in [1.807, 2.05) is 6.92 Å². The highest BCUT2D eigenvalue weighted by Gasteiger charge is 2.29. The first-order valence-corrected chi connectivity index (χ1v) is 7.51. The second kappa shape index (κ2) is 6.68. The topological polar surface area (TPSA) is 72.5 Å². The van der Waals surface area contributed by atoms with Gasteiger partial charge in [0.25, 0.3) is 0 Å². The number of carbonyl (C=O) groups excluding carboxylic acids is 1. The predicted octanol–water partition coefficient (Wildman–Crippen LogP) is 0.920. The molecule has 0 saturated carbocycles. The molecule has 1 amide bonds. The number of amides is 1. The molecule has 19 heavy (non-hydrogen) atoms. The van der Waals surface area contributed by atoms with Gasteiger partial charge in [-0.3, -0.25) is 4.79 Å². The minimum Gasteiger partial charge on any atom is -0.383 e. The van der Waals surface area contributed by atoms with Crippen LogP contribution in [0.1, 0.15) is 12.5 Å². The van der Waals surface area contributed by atoms with E-state index in [4.69, 9.17) is 4.74 Å². The molecule has 0 radical (unpaired) electrons. The van der Waals surface area contributed by atoms with Gasteiger partial charge < -0.3 is 10.1 Å². The Hall–Kier alpha value is -1.40. The van der Waals surface area contributed by atoms with Crippen molar-refractivity contribution in [3.05, 3.63) is 29.8 Å². The van der Waals surface area contributed by atoms with Gasteiger partial charge in [0.2, 0.25) is 5.91 Å². The molecule has 1 rings (SSSR count). The lowest BCUT2D eigenvalue weighted by atomic mass is 10.2. The molecule has 0 saturated heterocycles. The van der Waals surface area contributed by atoms with Crippen molar-refractivity contribution < 1.29 is 17.9 Å². The van der Waals surface area contributed by atoms with Crippen LogP contribution >= 0.6 is 0 Å². The van der Waals surface area contributed by atoms with Crippen molar-refractivity contribution in [3.63, 3.8) is 0 Å². The van der Waals surface area contributed by atoms with Crippen molar-refractivity contribution >= 4 is 15.7 Å². The van der Waals surface area contributed by atoms with Gasteiger partial charge in [0.05, 0.1) is 11.5 Å². The Morgan fingerprint density at radius 3 is 2.42 bits per heavy atom. The summed E-state index contributed by atoms with van der Waals surface area (Å²) in [6.07, 6.45) is 0. The van der Waals surface area contributed by atoms with Crippen LogP contribution in [0.5, 0.6) is 0 Å². The van der Waals surface area contributed by atoms with Gasteiger partial charge in [0.15, 0.2) is 9.84 Å². The van der Waals surface area contributed by atoms with Gasteiger partial charge in [-0.25, -0.2) is 8.42 Å². The molecule has 0 aromatic heterocycles. The van der Waals surface area contributed by atoms with E-state index in [2.05, 4.69) is 5.32 Å². The van der Waals surface area contributed by atoms with Gasteiger partial charge >= 0.3 is 0 Å². The zero-order valence-corrected chi connectivity index (χ0v) is 12.2. The van der Waals surface area contributed by atoms with E-state index < -0.39 is 21.0 Å². The largest absolute Gasteiger partial charge is 0.383 e. The lowest BCUT2D eigenvalue weighted by molar-refractivity contribution is -0.120. The summed E-state index contributed by atoms with van der Waals surface area (Å²) in [6.45, 7) is 3.90. The summed E-state index contributed by atoms with van der Waals surface area (Å²) >= 11 is 0. The van der Waals surface area contributed by atoms with Crippen LogP contribution in [0.2, 0.25) is 0 Å². The number of sulfone groups is 1. The third-order valence-corrected chi connectivity index (χ3v) is 4.86. The molecule has 1 N–H and O–H groups in total. The molecule has 1 unspecified atom stereocenters. The number of nitrogens with one attached hydrogen (secondary N) is 1. The minimum absolute atomic E-state index is 0.160. The zero-order valence-electron chi connectivity index (χ0n) is 11.3. The Morgan fingerprint density at radius 1 is 1.32 bits per heavy atom. The highest BCUT2D eigenvalue weighted by atomic mass is 32.2. The maximum Gasteiger partial charge on any atom is 0.238 e. The number of hydrogen-bond donors (Lipinski definition) is 1. The molecule has 0 aliphatic rings. The van der Waals surface area contributed by atoms with Crippen LogP contribution in [0.25, 0.3) is 0 Å². The van der Waals surface area contributed by atoms with Crippen LogP contribution in [-0.4, -0.2) is 39.8 Å². The summed E-state index contributed by atoms with van der Waals surface area (Å²) < 4.78 is 29.2. The lowest BCUT2D eigenvalue weighted by Crippen LogP contribution is -2.39.